The first kappa shape index (κ1) is 13.6. The second-order valence-electron chi connectivity index (χ2n) is 3.84. The van der Waals surface area contributed by atoms with Crippen LogP contribution in [0.25, 0.3) is 0 Å². The molecule has 0 aromatic heterocycles. The van der Waals surface area contributed by atoms with E-state index in [4.69, 9.17) is 5.11 Å². The van der Waals surface area contributed by atoms with Crippen LogP contribution in [0.4, 0.5) is 10.1 Å². The van der Waals surface area contributed by atoms with E-state index in [0.29, 0.717) is 12.2 Å². The molecule has 0 saturated heterocycles. The predicted octanol–water partition coefficient (Wildman–Crippen LogP) is 1.12. The van der Waals surface area contributed by atoms with E-state index in [1.807, 2.05) is 6.92 Å². The maximum atomic E-state index is 12.9. The Morgan fingerprint density at radius 2 is 2.29 bits per heavy atom. The van der Waals surface area contributed by atoms with E-state index in [1.165, 1.54) is 12.1 Å². The van der Waals surface area contributed by atoms with Gasteiger partial charge in [-0.25, -0.2) is 4.39 Å². The van der Waals surface area contributed by atoms with E-state index >= 15 is 0 Å². The predicted molar refractivity (Wildman–Crippen MR) is 64.2 cm³/mol. The first-order chi connectivity index (χ1) is 8.11. The molecule has 0 saturated carbocycles. The number of carbonyl (C=O) groups excluding carboxylic acids is 1. The first-order valence-electron chi connectivity index (χ1n) is 5.51. The highest BCUT2D eigenvalue weighted by Crippen LogP contribution is 2.09. The van der Waals surface area contributed by atoms with E-state index < -0.39 is 0 Å². The fourth-order valence-electron chi connectivity index (χ4n) is 1.44. The van der Waals surface area contributed by atoms with Crippen molar-refractivity contribution < 1.29 is 14.3 Å². The van der Waals surface area contributed by atoms with Gasteiger partial charge in [-0.1, -0.05) is 6.07 Å². The summed E-state index contributed by atoms with van der Waals surface area (Å²) >= 11 is 0. The third-order valence-corrected chi connectivity index (χ3v) is 2.20. The zero-order chi connectivity index (χ0) is 12.7. The molecule has 0 heterocycles. The number of aliphatic hydroxyl groups excluding tert-OH is 1. The molecule has 0 radical (unpaired) electrons. The number of carbonyl (C=O) groups is 1. The van der Waals surface area contributed by atoms with Gasteiger partial charge in [0.05, 0.1) is 6.61 Å². The van der Waals surface area contributed by atoms with Crippen LogP contribution in [0, 0.1) is 5.82 Å². The largest absolute Gasteiger partial charge is 0.395 e. The lowest BCUT2D eigenvalue weighted by Gasteiger charge is -2.12. The topological polar surface area (TPSA) is 61.4 Å². The minimum atomic E-state index is -0.380. The number of hydrogen-bond donors (Lipinski definition) is 3. The van der Waals surface area contributed by atoms with Gasteiger partial charge < -0.3 is 15.7 Å². The Hall–Kier alpha value is -1.46. The summed E-state index contributed by atoms with van der Waals surface area (Å²) in [5, 5.41) is 14.2. The molecule has 1 amide bonds. The molecular formula is C12H17FN2O2. The van der Waals surface area contributed by atoms with Gasteiger partial charge in [0, 0.05) is 24.7 Å². The highest BCUT2D eigenvalue weighted by atomic mass is 19.1. The van der Waals surface area contributed by atoms with Crippen LogP contribution in [0.3, 0.4) is 0 Å². The second kappa shape index (κ2) is 6.98. The van der Waals surface area contributed by atoms with Crippen molar-refractivity contribution in [2.75, 3.05) is 18.5 Å². The van der Waals surface area contributed by atoms with Crippen molar-refractivity contribution in [3.63, 3.8) is 0 Å². The standard InChI is InChI=1S/C12H17FN2O2/c1-9(14-5-6-16)7-12(17)15-11-4-2-3-10(13)8-11/h2-4,8-9,14,16H,5-7H2,1H3,(H,15,17). The molecule has 5 heteroatoms. The molecule has 1 aromatic carbocycles. The lowest BCUT2D eigenvalue weighted by molar-refractivity contribution is -0.116. The van der Waals surface area contributed by atoms with E-state index in [2.05, 4.69) is 10.6 Å². The van der Waals surface area contributed by atoms with Crippen molar-refractivity contribution in [3.8, 4) is 0 Å². The van der Waals surface area contributed by atoms with Gasteiger partial charge in [-0.2, -0.15) is 0 Å². The highest BCUT2D eigenvalue weighted by Gasteiger charge is 2.08. The molecule has 1 atom stereocenters. The van der Waals surface area contributed by atoms with Gasteiger partial charge in [0.15, 0.2) is 0 Å². The Balaban J connectivity index is 2.39. The van der Waals surface area contributed by atoms with Crippen LogP contribution in [-0.4, -0.2) is 30.2 Å². The molecule has 1 aromatic rings. The van der Waals surface area contributed by atoms with Crippen LogP contribution < -0.4 is 10.6 Å². The van der Waals surface area contributed by atoms with Crippen LogP contribution in [0.2, 0.25) is 0 Å². The van der Waals surface area contributed by atoms with Crippen LogP contribution in [0.5, 0.6) is 0 Å². The van der Waals surface area contributed by atoms with Gasteiger partial charge in [-0.05, 0) is 25.1 Å². The number of halogens is 1. The monoisotopic (exact) mass is 240 g/mol. The smallest absolute Gasteiger partial charge is 0.225 e. The molecule has 0 aliphatic heterocycles. The van der Waals surface area contributed by atoms with Crippen LogP contribution in [0.1, 0.15) is 13.3 Å². The van der Waals surface area contributed by atoms with Gasteiger partial charge in [-0.3, -0.25) is 4.79 Å². The quantitative estimate of drug-likeness (QED) is 0.698. The Morgan fingerprint density at radius 3 is 2.94 bits per heavy atom. The summed E-state index contributed by atoms with van der Waals surface area (Å²) < 4.78 is 12.9. The number of nitrogens with one attached hydrogen (secondary N) is 2. The molecule has 0 fully saturated rings. The third-order valence-electron chi connectivity index (χ3n) is 2.20. The fourth-order valence-corrected chi connectivity index (χ4v) is 1.44. The SMILES string of the molecule is CC(CC(=O)Nc1cccc(F)c1)NCCO. The van der Waals surface area contributed by atoms with Gasteiger partial charge in [0.1, 0.15) is 5.82 Å². The average Bonchev–Trinajstić information content (AvgIpc) is 2.26. The molecule has 17 heavy (non-hydrogen) atoms. The summed E-state index contributed by atoms with van der Waals surface area (Å²) in [5.74, 6) is -0.567. The number of anilines is 1. The number of amides is 1. The van der Waals surface area contributed by atoms with E-state index in [1.54, 1.807) is 12.1 Å². The maximum absolute atomic E-state index is 12.9. The lowest BCUT2D eigenvalue weighted by atomic mass is 10.2. The molecule has 0 spiro atoms. The minimum Gasteiger partial charge on any atom is -0.395 e. The van der Waals surface area contributed by atoms with Crippen molar-refractivity contribution in [2.24, 2.45) is 0 Å². The number of rotatable bonds is 6. The van der Waals surface area contributed by atoms with Crippen molar-refractivity contribution in [3.05, 3.63) is 30.1 Å². The van der Waals surface area contributed by atoms with Gasteiger partial charge in [-0.15, -0.1) is 0 Å². The van der Waals surface area contributed by atoms with Crippen LogP contribution >= 0.6 is 0 Å². The number of benzene rings is 1. The van der Waals surface area contributed by atoms with E-state index in [-0.39, 0.29) is 30.8 Å². The second-order valence-corrected chi connectivity index (χ2v) is 3.84. The zero-order valence-electron chi connectivity index (χ0n) is 9.74. The fraction of sp³-hybridized carbons (Fsp3) is 0.417. The molecule has 94 valence electrons. The molecular weight excluding hydrogens is 223 g/mol. The van der Waals surface area contributed by atoms with Gasteiger partial charge in [0.25, 0.3) is 0 Å². The van der Waals surface area contributed by atoms with Crippen molar-refractivity contribution in [1.82, 2.24) is 5.32 Å². The van der Waals surface area contributed by atoms with Gasteiger partial charge in [0.2, 0.25) is 5.91 Å². The summed E-state index contributed by atoms with van der Waals surface area (Å²) in [6, 6.07) is 5.73. The first-order valence-corrected chi connectivity index (χ1v) is 5.51. The highest BCUT2D eigenvalue weighted by molar-refractivity contribution is 5.91. The summed E-state index contributed by atoms with van der Waals surface area (Å²) in [6.07, 6.45) is 0.274. The normalized spacial score (nSPS) is 12.2. The lowest BCUT2D eigenvalue weighted by Crippen LogP contribution is -2.32. The summed E-state index contributed by atoms with van der Waals surface area (Å²) in [6.45, 7) is 2.34. The molecule has 3 N–H and O–H groups in total. The Labute approximate surface area is 99.8 Å². The van der Waals surface area contributed by atoms with E-state index in [0.717, 1.165) is 0 Å². The summed E-state index contributed by atoms with van der Waals surface area (Å²) in [5.41, 5.74) is 0.448. The summed E-state index contributed by atoms with van der Waals surface area (Å²) in [7, 11) is 0. The molecule has 0 aliphatic carbocycles. The molecule has 1 rings (SSSR count). The Bertz CT molecular complexity index is 371. The van der Waals surface area contributed by atoms with Crippen molar-refractivity contribution in [2.45, 2.75) is 19.4 Å². The van der Waals surface area contributed by atoms with Crippen LogP contribution in [0.15, 0.2) is 24.3 Å². The molecule has 1 unspecified atom stereocenters. The van der Waals surface area contributed by atoms with E-state index in [9.17, 15) is 9.18 Å². The minimum absolute atomic E-state index is 0.0318. The van der Waals surface area contributed by atoms with Crippen molar-refractivity contribution in [1.29, 1.82) is 0 Å². The molecule has 0 bridgehead atoms. The average molecular weight is 240 g/mol. The maximum Gasteiger partial charge on any atom is 0.225 e. The Morgan fingerprint density at radius 1 is 1.53 bits per heavy atom. The third kappa shape index (κ3) is 5.42. The molecule has 4 nitrogen and oxygen atoms in total. The molecule has 0 aliphatic rings. The van der Waals surface area contributed by atoms with Crippen molar-refractivity contribution >= 4 is 11.6 Å². The number of hydrogen-bond acceptors (Lipinski definition) is 3. The Kier molecular flexibility index (Phi) is 5.59. The van der Waals surface area contributed by atoms with Crippen LogP contribution in [-0.2, 0) is 4.79 Å². The number of aliphatic hydroxyl groups is 1. The van der Waals surface area contributed by atoms with Gasteiger partial charge >= 0.3 is 0 Å². The summed E-state index contributed by atoms with van der Waals surface area (Å²) in [4.78, 5) is 11.6. The zero-order valence-corrected chi connectivity index (χ0v) is 9.74.